The average molecular weight is 475 g/mol. The van der Waals surface area contributed by atoms with Gasteiger partial charge in [0.25, 0.3) is 15.9 Å². The van der Waals surface area contributed by atoms with Crippen molar-refractivity contribution in [3.05, 3.63) is 82.8 Å². The highest BCUT2D eigenvalue weighted by Crippen LogP contribution is 2.29. The number of carbonyl (C=O) groups is 1. The molecule has 0 aliphatic rings. The van der Waals surface area contributed by atoms with E-state index < -0.39 is 10.0 Å². The van der Waals surface area contributed by atoms with Gasteiger partial charge in [0.1, 0.15) is 5.75 Å². The highest BCUT2D eigenvalue weighted by Gasteiger charge is 2.18. The molecule has 0 aliphatic heterocycles. The summed E-state index contributed by atoms with van der Waals surface area (Å²) in [6.45, 7) is 2.18. The molecule has 29 heavy (non-hydrogen) atoms. The van der Waals surface area contributed by atoms with E-state index >= 15 is 0 Å². The number of anilines is 2. The third-order valence-electron chi connectivity index (χ3n) is 3.94. The molecule has 1 amide bonds. The first-order valence-corrected chi connectivity index (χ1v) is 11.1. The molecule has 3 aromatic rings. The highest BCUT2D eigenvalue weighted by atomic mass is 79.9. The molecule has 0 aromatic heterocycles. The van der Waals surface area contributed by atoms with Crippen LogP contribution in [0.4, 0.5) is 11.4 Å². The average Bonchev–Trinajstić information content (AvgIpc) is 2.71. The zero-order valence-corrected chi connectivity index (χ0v) is 18.0. The van der Waals surface area contributed by atoms with Gasteiger partial charge in [-0.05, 0) is 61.5 Å². The normalized spacial score (nSPS) is 11.0. The van der Waals surface area contributed by atoms with Gasteiger partial charge in [0.05, 0.1) is 17.2 Å². The number of ether oxygens (including phenoxy) is 1. The molecule has 2 N–H and O–H groups in total. The third-order valence-corrected chi connectivity index (χ3v) is 5.85. The second-order valence-electron chi connectivity index (χ2n) is 6.02. The Balaban J connectivity index is 1.90. The van der Waals surface area contributed by atoms with Crippen LogP contribution in [0, 0.1) is 0 Å². The van der Waals surface area contributed by atoms with Crippen molar-refractivity contribution in [2.45, 2.75) is 11.8 Å². The number of hydrogen-bond donors (Lipinski definition) is 2. The van der Waals surface area contributed by atoms with E-state index in [0.717, 1.165) is 4.47 Å². The molecule has 0 bridgehead atoms. The van der Waals surface area contributed by atoms with Gasteiger partial charge in [-0.1, -0.05) is 34.1 Å². The van der Waals surface area contributed by atoms with Crippen molar-refractivity contribution in [2.24, 2.45) is 0 Å². The minimum Gasteiger partial charge on any atom is -0.492 e. The van der Waals surface area contributed by atoms with Crippen LogP contribution >= 0.6 is 15.9 Å². The Bertz CT molecular complexity index is 1100. The molecule has 0 saturated heterocycles. The Hall–Kier alpha value is -2.84. The number of amides is 1. The molecule has 0 radical (unpaired) electrons. The summed E-state index contributed by atoms with van der Waals surface area (Å²) < 4.78 is 34.5. The van der Waals surface area contributed by atoms with Crippen LogP contribution in [0.5, 0.6) is 5.75 Å². The van der Waals surface area contributed by atoms with Gasteiger partial charge in [-0.2, -0.15) is 0 Å². The standard InChI is InChI=1S/C21H19BrN2O4S/c1-2-28-20-13-12-18(29(26,27)24-17-10-8-16(22)9-11-17)14-19(20)23-21(25)15-6-4-3-5-7-15/h3-14,24H,2H2,1H3,(H,23,25). The number of sulfonamides is 1. The summed E-state index contributed by atoms with van der Waals surface area (Å²) in [6.07, 6.45) is 0. The molecular formula is C21H19BrN2O4S. The maximum absolute atomic E-state index is 12.8. The van der Waals surface area contributed by atoms with Gasteiger partial charge in [-0.3, -0.25) is 9.52 Å². The monoisotopic (exact) mass is 474 g/mol. The van der Waals surface area contributed by atoms with E-state index in [1.807, 2.05) is 13.0 Å². The molecule has 6 nitrogen and oxygen atoms in total. The van der Waals surface area contributed by atoms with E-state index in [-0.39, 0.29) is 16.5 Å². The van der Waals surface area contributed by atoms with E-state index in [4.69, 9.17) is 4.74 Å². The number of carbonyl (C=O) groups excluding carboxylic acids is 1. The molecule has 150 valence electrons. The lowest BCUT2D eigenvalue weighted by molar-refractivity contribution is 0.102. The lowest BCUT2D eigenvalue weighted by Crippen LogP contribution is -2.16. The van der Waals surface area contributed by atoms with Crippen LogP contribution in [-0.4, -0.2) is 20.9 Å². The molecule has 0 spiro atoms. The van der Waals surface area contributed by atoms with Gasteiger partial charge >= 0.3 is 0 Å². The predicted octanol–water partition coefficient (Wildman–Crippen LogP) is 4.90. The Morgan fingerprint density at radius 3 is 2.34 bits per heavy atom. The number of benzene rings is 3. The van der Waals surface area contributed by atoms with E-state index in [0.29, 0.717) is 23.6 Å². The zero-order chi connectivity index (χ0) is 20.9. The van der Waals surface area contributed by atoms with Crippen molar-refractivity contribution in [3.8, 4) is 5.75 Å². The predicted molar refractivity (Wildman–Crippen MR) is 117 cm³/mol. The Labute approximate surface area is 178 Å². The summed E-state index contributed by atoms with van der Waals surface area (Å²) in [4.78, 5) is 12.5. The van der Waals surface area contributed by atoms with Crippen molar-refractivity contribution in [2.75, 3.05) is 16.6 Å². The smallest absolute Gasteiger partial charge is 0.261 e. The summed E-state index contributed by atoms with van der Waals surface area (Å²) in [5, 5.41) is 2.73. The van der Waals surface area contributed by atoms with Crippen LogP contribution < -0.4 is 14.8 Å². The Morgan fingerprint density at radius 2 is 1.69 bits per heavy atom. The lowest BCUT2D eigenvalue weighted by atomic mass is 10.2. The molecule has 0 heterocycles. The van der Waals surface area contributed by atoms with Crippen molar-refractivity contribution < 1.29 is 17.9 Å². The van der Waals surface area contributed by atoms with E-state index in [9.17, 15) is 13.2 Å². The van der Waals surface area contributed by atoms with Crippen LogP contribution in [-0.2, 0) is 10.0 Å². The zero-order valence-electron chi connectivity index (χ0n) is 15.6. The van der Waals surface area contributed by atoms with Crippen LogP contribution in [0.25, 0.3) is 0 Å². The maximum atomic E-state index is 12.8. The topological polar surface area (TPSA) is 84.5 Å². The second kappa shape index (κ2) is 9.11. The van der Waals surface area contributed by atoms with Crippen LogP contribution in [0.3, 0.4) is 0 Å². The van der Waals surface area contributed by atoms with Crippen molar-refractivity contribution in [1.82, 2.24) is 0 Å². The fraction of sp³-hybridized carbons (Fsp3) is 0.0952. The lowest BCUT2D eigenvalue weighted by Gasteiger charge is -2.14. The van der Waals surface area contributed by atoms with Crippen LogP contribution in [0.1, 0.15) is 17.3 Å². The molecule has 0 atom stereocenters. The van der Waals surface area contributed by atoms with Gasteiger partial charge in [0, 0.05) is 15.7 Å². The molecule has 0 fully saturated rings. The molecule has 3 aromatic carbocycles. The van der Waals surface area contributed by atoms with E-state index in [1.165, 1.54) is 18.2 Å². The van der Waals surface area contributed by atoms with Gasteiger partial charge in [0.2, 0.25) is 0 Å². The SMILES string of the molecule is CCOc1ccc(S(=O)(=O)Nc2ccc(Br)cc2)cc1NC(=O)c1ccccc1. The van der Waals surface area contributed by atoms with Gasteiger partial charge in [-0.15, -0.1) is 0 Å². The van der Waals surface area contributed by atoms with E-state index in [1.54, 1.807) is 48.5 Å². The fourth-order valence-corrected chi connectivity index (χ4v) is 3.92. The first-order valence-electron chi connectivity index (χ1n) is 8.80. The van der Waals surface area contributed by atoms with E-state index in [2.05, 4.69) is 26.0 Å². The van der Waals surface area contributed by atoms with Gasteiger partial charge < -0.3 is 10.1 Å². The molecule has 0 saturated carbocycles. The number of rotatable bonds is 7. The quantitative estimate of drug-likeness (QED) is 0.509. The molecule has 3 rings (SSSR count). The maximum Gasteiger partial charge on any atom is 0.261 e. The first-order chi connectivity index (χ1) is 13.9. The summed E-state index contributed by atoms with van der Waals surface area (Å²) in [6, 6.07) is 19.8. The Morgan fingerprint density at radius 1 is 1.00 bits per heavy atom. The van der Waals surface area contributed by atoms with Crippen LogP contribution in [0.2, 0.25) is 0 Å². The largest absolute Gasteiger partial charge is 0.492 e. The number of nitrogens with one attached hydrogen (secondary N) is 2. The third kappa shape index (κ3) is 5.36. The van der Waals surface area contributed by atoms with Crippen molar-refractivity contribution in [3.63, 3.8) is 0 Å². The highest BCUT2D eigenvalue weighted by molar-refractivity contribution is 9.10. The summed E-state index contributed by atoms with van der Waals surface area (Å²) in [5.41, 5.74) is 1.16. The Kier molecular flexibility index (Phi) is 6.56. The van der Waals surface area contributed by atoms with Gasteiger partial charge in [0.15, 0.2) is 0 Å². The second-order valence-corrected chi connectivity index (χ2v) is 8.62. The summed E-state index contributed by atoms with van der Waals surface area (Å²) >= 11 is 3.31. The summed E-state index contributed by atoms with van der Waals surface area (Å²) in [7, 11) is -3.85. The summed E-state index contributed by atoms with van der Waals surface area (Å²) in [5.74, 6) is 0.0290. The van der Waals surface area contributed by atoms with Gasteiger partial charge in [-0.25, -0.2) is 8.42 Å². The molecule has 0 unspecified atom stereocenters. The number of hydrogen-bond acceptors (Lipinski definition) is 4. The minimum absolute atomic E-state index is 0.00670. The van der Waals surface area contributed by atoms with Crippen molar-refractivity contribution >= 4 is 43.2 Å². The number of halogens is 1. The molecular weight excluding hydrogens is 456 g/mol. The first kappa shape index (κ1) is 20.9. The van der Waals surface area contributed by atoms with Crippen LogP contribution in [0.15, 0.2) is 82.2 Å². The minimum atomic E-state index is -3.85. The van der Waals surface area contributed by atoms with Crippen molar-refractivity contribution in [1.29, 1.82) is 0 Å². The molecule has 0 aliphatic carbocycles. The molecule has 8 heteroatoms. The fourth-order valence-electron chi connectivity index (χ4n) is 2.57.